The predicted octanol–water partition coefficient (Wildman–Crippen LogP) is 2.10. The van der Waals surface area contributed by atoms with E-state index >= 15 is 0 Å². The monoisotopic (exact) mass is 276 g/mol. The van der Waals surface area contributed by atoms with E-state index in [1.165, 1.54) is 0 Å². The van der Waals surface area contributed by atoms with Crippen LogP contribution in [0.4, 0.5) is 0 Å². The molecule has 0 unspecified atom stereocenters. The summed E-state index contributed by atoms with van der Waals surface area (Å²) in [6, 6.07) is 5.56. The largest absolute Gasteiger partial charge is 0.484 e. The second-order valence-electron chi connectivity index (χ2n) is 5.95. The molecule has 1 aromatic rings. The highest BCUT2D eigenvalue weighted by Gasteiger charge is 2.19. The Kier molecular flexibility index (Phi) is 3.97. The van der Waals surface area contributed by atoms with Gasteiger partial charge in [0.1, 0.15) is 5.75 Å². The smallest absolute Gasteiger partial charge is 0.258 e. The fourth-order valence-corrected chi connectivity index (χ4v) is 2.24. The number of amides is 1. The van der Waals surface area contributed by atoms with Crippen molar-refractivity contribution in [1.82, 2.24) is 5.32 Å². The Bertz CT molecular complexity index is 545. The minimum atomic E-state index is -0.259. The van der Waals surface area contributed by atoms with Crippen molar-refractivity contribution in [2.75, 3.05) is 6.61 Å². The van der Waals surface area contributed by atoms with Gasteiger partial charge in [0, 0.05) is 11.1 Å². The van der Waals surface area contributed by atoms with Crippen molar-refractivity contribution >= 4 is 11.6 Å². The number of hydrogen-bond acceptors (Lipinski definition) is 4. The van der Waals surface area contributed by atoms with Crippen molar-refractivity contribution < 1.29 is 14.7 Å². The zero-order chi connectivity index (χ0) is 14.8. The molecule has 1 aliphatic carbocycles. The first-order chi connectivity index (χ1) is 9.39. The molecule has 0 aromatic heterocycles. The lowest BCUT2D eigenvalue weighted by Gasteiger charge is -2.20. The number of fused-ring (bicyclic) bond motifs is 1. The number of nitrogens with zero attached hydrogens (tertiary/aromatic N) is 1. The molecule has 108 valence electrons. The van der Waals surface area contributed by atoms with E-state index in [0.717, 1.165) is 24.0 Å². The maximum absolute atomic E-state index is 11.7. The van der Waals surface area contributed by atoms with Gasteiger partial charge >= 0.3 is 0 Å². The molecule has 0 bridgehead atoms. The van der Waals surface area contributed by atoms with Crippen LogP contribution in [-0.4, -0.2) is 29.0 Å². The molecule has 2 N–H and O–H groups in total. The fourth-order valence-electron chi connectivity index (χ4n) is 2.24. The van der Waals surface area contributed by atoms with Gasteiger partial charge in [-0.05, 0) is 57.4 Å². The van der Waals surface area contributed by atoms with Crippen LogP contribution in [0.25, 0.3) is 0 Å². The summed E-state index contributed by atoms with van der Waals surface area (Å²) in [5.74, 6) is 0.516. The Balaban J connectivity index is 1.97. The first-order valence-corrected chi connectivity index (χ1v) is 6.67. The van der Waals surface area contributed by atoms with Gasteiger partial charge in [0.2, 0.25) is 0 Å². The maximum Gasteiger partial charge on any atom is 0.258 e. The van der Waals surface area contributed by atoms with Crippen LogP contribution in [0.15, 0.2) is 23.4 Å². The van der Waals surface area contributed by atoms with Crippen LogP contribution >= 0.6 is 0 Å². The van der Waals surface area contributed by atoms with Crippen LogP contribution in [-0.2, 0) is 11.2 Å². The topological polar surface area (TPSA) is 70.9 Å². The molecular weight excluding hydrogens is 256 g/mol. The van der Waals surface area contributed by atoms with E-state index in [4.69, 9.17) is 9.94 Å². The molecule has 1 aromatic carbocycles. The summed E-state index contributed by atoms with van der Waals surface area (Å²) in [5.41, 5.74) is 2.49. The lowest BCUT2D eigenvalue weighted by molar-refractivity contribution is -0.124. The minimum absolute atomic E-state index is 0.00297. The highest BCUT2D eigenvalue weighted by atomic mass is 16.5. The molecule has 20 heavy (non-hydrogen) atoms. The van der Waals surface area contributed by atoms with E-state index < -0.39 is 0 Å². The second kappa shape index (κ2) is 5.53. The number of nitrogens with one attached hydrogen (secondary N) is 1. The van der Waals surface area contributed by atoms with E-state index in [0.29, 0.717) is 11.5 Å². The first-order valence-electron chi connectivity index (χ1n) is 6.67. The summed E-state index contributed by atoms with van der Waals surface area (Å²) in [6.45, 7) is 5.78. The third-order valence-electron chi connectivity index (χ3n) is 3.02. The molecular formula is C15H20N2O3. The Morgan fingerprint density at radius 2 is 2.15 bits per heavy atom. The van der Waals surface area contributed by atoms with E-state index in [1.807, 2.05) is 32.9 Å². The highest BCUT2D eigenvalue weighted by molar-refractivity contribution is 6.04. The molecule has 1 amide bonds. The first kappa shape index (κ1) is 14.4. The molecule has 5 nitrogen and oxygen atoms in total. The number of ether oxygens (including phenoxy) is 1. The number of aryl methyl sites for hydroxylation is 1. The molecule has 0 heterocycles. The standard InChI is InChI=1S/C15H20N2O3/c1-15(2,3)16-14(18)9-20-11-5-6-12-10(8-11)4-7-13(12)17-19/h5-6,8,19H,4,7,9H2,1-3H3,(H,16,18)/b17-13+. The number of benzene rings is 1. The van der Waals surface area contributed by atoms with Gasteiger partial charge in [0.05, 0.1) is 5.71 Å². The van der Waals surface area contributed by atoms with Crippen LogP contribution in [0.5, 0.6) is 5.75 Å². The second-order valence-corrected chi connectivity index (χ2v) is 5.95. The van der Waals surface area contributed by atoms with Gasteiger partial charge in [0.15, 0.2) is 6.61 Å². The fraction of sp³-hybridized carbons (Fsp3) is 0.467. The Morgan fingerprint density at radius 3 is 2.80 bits per heavy atom. The summed E-state index contributed by atoms with van der Waals surface area (Å²) in [4.78, 5) is 11.7. The van der Waals surface area contributed by atoms with Gasteiger partial charge in [-0.15, -0.1) is 0 Å². The molecule has 5 heteroatoms. The Hall–Kier alpha value is -2.04. The van der Waals surface area contributed by atoms with E-state index in [-0.39, 0.29) is 18.1 Å². The van der Waals surface area contributed by atoms with Crippen molar-refractivity contribution in [3.05, 3.63) is 29.3 Å². The van der Waals surface area contributed by atoms with Gasteiger partial charge in [-0.1, -0.05) is 5.16 Å². The Morgan fingerprint density at radius 1 is 1.40 bits per heavy atom. The number of rotatable bonds is 3. The molecule has 0 fully saturated rings. The van der Waals surface area contributed by atoms with Crippen molar-refractivity contribution in [2.45, 2.75) is 39.2 Å². The van der Waals surface area contributed by atoms with Gasteiger partial charge in [-0.3, -0.25) is 4.79 Å². The summed E-state index contributed by atoms with van der Waals surface area (Å²) in [7, 11) is 0. The van der Waals surface area contributed by atoms with E-state index in [1.54, 1.807) is 6.07 Å². The van der Waals surface area contributed by atoms with Gasteiger partial charge in [0.25, 0.3) is 5.91 Å². The molecule has 0 saturated carbocycles. The summed E-state index contributed by atoms with van der Waals surface area (Å²) in [5, 5.41) is 15.0. The average molecular weight is 276 g/mol. The minimum Gasteiger partial charge on any atom is -0.484 e. The van der Waals surface area contributed by atoms with Crippen LogP contribution in [0.3, 0.4) is 0 Å². The normalized spacial score (nSPS) is 16.1. The summed E-state index contributed by atoms with van der Waals surface area (Å²) < 4.78 is 5.49. The van der Waals surface area contributed by atoms with Crippen molar-refractivity contribution in [3.8, 4) is 5.75 Å². The summed E-state index contributed by atoms with van der Waals surface area (Å²) in [6.07, 6.45) is 1.57. The van der Waals surface area contributed by atoms with Gasteiger partial charge < -0.3 is 15.3 Å². The zero-order valence-corrected chi connectivity index (χ0v) is 12.1. The molecule has 0 spiro atoms. The van der Waals surface area contributed by atoms with Crippen molar-refractivity contribution in [2.24, 2.45) is 5.16 Å². The SMILES string of the molecule is CC(C)(C)NC(=O)COc1ccc2c(c1)CC/C2=N\O. The van der Waals surface area contributed by atoms with Crippen molar-refractivity contribution in [3.63, 3.8) is 0 Å². The van der Waals surface area contributed by atoms with Crippen LogP contribution in [0, 0.1) is 0 Å². The third-order valence-corrected chi connectivity index (χ3v) is 3.02. The molecule has 0 radical (unpaired) electrons. The molecule has 0 atom stereocenters. The Labute approximate surface area is 118 Å². The molecule has 0 aliphatic heterocycles. The van der Waals surface area contributed by atoms with Crippen LogP contribution in [0.1, 0.15) is 38.3 Å². The highest BCUT2D eigenvalue weighted by Crippen LogP contribution is 2.26. The van der Waals surface area contributed by atoms with Crippen LogP contribution in [0.2, 0.25) is 0 Å². The number of oxime groups is 1. The van der Waals surface area contributed by atoms with Gasteiger partial charge in [-0.2, -0.15) is 0 Å². The number of hydrogen-bond donors (Lipinski definition) is 2. The lowest BCUT2D eigenvalue weighted by atomic mass is 10.1. The lowest BCUT2D eigenvalue weighted by Crippen LogP contribution is -2.43. The maximum atomic E-state index is 11.7. The van der Waals surface area contributed by atoms with Gasteiger partial charge in [-0.25, -0.2) is 0 Å². The van der Waals surface area contributed by atoms with E-state index in [2.05, 4.69) is 10.5 Å². The molecule has 2 rings (SSSR count). The quantitative estimate of drug-likeness (QED) is 0.656. The van der Waals surface area contributed by atoms with Crippen LogP contribution < -0.4 is 10.1 Å². The molecule has 1 aliphatic rings. The number of carbonyl (C=O) groups is 1. The summed E-state index contributed by atoms with van der Waals surface area (Å²) >= 11 is 0. The van der Waals surface area contributed by atoms with E-state index in [9.17, 15) is 4.79 Å². The predicted molar refractivity (Wildman–Crippen MR) is 76.5 cm³/mol. The average Bonchev–Trinajstić information content (AvgIpc) is 2.76. The third kappa shape index (κ3) is 3.50. The molecule has 0 saturated heterocycles. The number of carbonyl (C=O) groups excluding carboxylic acids is 1. The zero-order valence-electron chi connectivity index (χ0n) is 12.1. The van der Waals surface area contributed by atoms with Crippen molar-refractivity contribution in [1.29, 1.82) is 0 Å².